The minimum atomic E-state index is -3.26. The number of rotatable bonds is 9. The first-order chi connectivity index (χ1) is 42.7. The second-order valence-electron chi connectivity index (χ2n) is 22.4. The Labute approximate surface area is 494 Å². The normalized spacial score (nSPS) is 12.2. The van der Waals surface area contributed by atoms with Gasteiger partial charge in [0.2, 0.25) is 11.7 Å². The van der Waals surface area contributed by atoms with E-state index in [1.165, 1.54) is 36.9 Å². The van der Waals surface area contributed by atoms with Crippen molar-refractivity contribution in [3.63, 3.8) is 0 Å². The zero-order valence-electron chi connectivity index (χ0n) is 46.4. The van der Waals surface area contributed by atoms with Gasteiger partial charge in [0.1, 0.15) is 11.3 Å². The van der Waals surface area contributed by atoms with Crippen molar-refractivity contribution >= 4 is 122 Å². The largest absolute Gasteiger partial charge is 0.307 e. The summed E-state index contributed by atoms with van der Waals surface area (Å²) in [6.07, 6.45) is 0. The SMILES string of the molecule is c1ccc(-n2c3ccccc3n3c4ccc5c6ccccc6n(-c6cccc([Si](c7ccccc7)(c7ccccc7)c7cccc(-c8cc(-n9c%10ccccc%10c%10ccccc%109)nc(-n9c%10ccccc%10c%10ccccc%109)n8)c7)c6)c5c4nc23)cc1. The molecule has 0 amide bonds. The van der Waals surface area contributed by atoms with Gasteiger partial charge in [-0.15, -0.1) is 0 Å². The lowest BCUT2D eigenvalue weighted by Crippen LogP contribution is -2.74. The van der Waals surface area contributed by atoms with E-state index in [0.29, 0.717) is 5.95 Å². The first kappa shape index (κ1) is 48.2. The van der Waals surface area contributed by atoms with Gasteiger partial charge in [-0.1, -0.05) is 218 Å². The molecule has 86 heavy (non-hydrogen) atoms. The minimum absolute atomic E-state index is 0.602. The molecule has 0 spiro atoms. The fourth-order valence-corrected chi connectivity index (χ4v) is 19.1. The highest BCUT2D eigenvalue weighted by molar-refractivity contribution is 7.20. The summed E-state index contributed by atoms with van der Waals surface area (Å²) in [5, 5.41) is 12.0. The number of nitrogens with zero attached hydrogens (tertiary/aromatic N) is 8. The topological polar surface area (TPSA) is 62.8 Å². The zero-order valence-corrected chi connectivity index (χ0v) is 47.4. The Kier molecular flexibility index (Phi) is 10.5. The van der Waals surface area contributed by atoms with Crippen molar-refractivity contribution in [2.45, 2.75) is 0 Å². The maximum absolute atomic E-state index is 5.70. The Morgan fingerprint density at radius 3 is 1.31 bits per heavy atom. The standard InChI is InChI=1S/C77H50N8Si/c1-4-25-52(26-5-1)82-70-44-20-21-45-71(70)85-72-47-46-63-62-38-14-15-39-65(62)81(75(63)74(72)80-77(82)85)53-27-23-33-57(49-53)86(54-28-6-2-7-29-54,55-30-8-3-9-31-55)56-32-22-24-51(48-56)64-50-73(83-66-40-16-10-34-58(66)59-35-11-17-41-67(59)83)79-76(78-64)84-68-42-18-12-36-60(68)61-37-13-19-43-69(61)84/h1-50H. The first-order valence-corrected chi connectivity index (χ1v) is 31.3. The molecule has 0 atom stereocenters. The van der Waals surface area contributed by atoms with E-state index >= 15 is 0 Å². The monoisotopic (exact) mass is 1110 g/mol. The van der Waals surface area contributed by atoms with E-state index in [1.54, 1.807) is 0 Å². The van der Waals surface area contributed by atoms with Crippen LogP contribution in [0.5, 0.6) is 0 Å². The number of fused-ring (bicyclic) bond motifs is 15. The smallest absolute Gasteiger partial charge is 0.237 e. The zero-order chi connectivity index (χ0) is 56.5. The summed E-state index contributed by atoms with van der Waals surface area (Å²) < 4.78 is 11.7. The second-order valence-corrected chi connectivity index (χ2v) is 26.2. The molecule has 0 fully saturated rings. The fraction of sp³-hybridized carbons (Fsp3) is 0. The van der Waals surface area contributed by atoms with E-state index in [-0.39, 0.29) is 0 Å². The van der Waals surface area contributed by atoms with Gasteiger partial charge < -0.3 is 4.57 Å². The molecular formula is C77H50N8Si. The van der Waals surface area contributed by atoms with Gasteiger partial charge in [0.15, 0.2) is 8.07 Å². The molecule has 9 heteroatoms. The van der Waals surface area contributed by atoms with E-state index < -0.39 is 8.07 Å². The molecule has 0 aliphatic carbocycles. The molecule has 0 bridgehead atoms. The third-order valence-electron chi connectivity index (χ3n) is 17.9. The third kappa shape index (κ3) is 6.94. The molecule has 0 unspecified atom stereocenters. The number of imidazole rings is 2. The van der Waals surface area contributed by atoms with Gasteiger partial charge in [0, 0.05) is 55.3 Å². The molecule has 0 N–H and O–H groups in total. The van der Waals surface area contributed by atoms with E-state index in [4.69, 9.17) is 15.0 Å². The van der Waals surface area contributed by atoms with Crippen LogP contribution in [0, 0.1) is 0 Å². The van der Waals surface area contributed by atoms with Crippen LogP contribution in [0.25, 0.3) is 128 Å². The van der Waals surface area contributed by atoms with Crippen LogP contribution in [0.4, 0.5) is 0 Å². The molecule has 6 heterocycles. The molecule has 0 saturated heterocycles. The third-order valence-corrected chi connectivity index (χ3v) is 22.6. The summed E-state index contributed by atoms with van der Waals surface area (Å²) in [4.78, 5) is 17.0. The van der Waals surface area contributed by atoms with Gasteiger partial charge in [-0.2, -0.15) is 4.98 Å². The number of hydrogen-bond donors (Lipinski definition) is 0. The lowest BCUT2D eigenvalue weighted by atomic mass is 10.1. The molecule has 8 nitrogen and oxygen atoms in total. The average Bonchev–Trinajstić information content (AvgIpc) is 1.84. The molecule has 0 aliphatic heterocycles. The Hall–Kier alpha value is -11.4. The van der Waals surface area contributed by atoms with Gasteiger partial charge in [-0.25, -0.2) is 9.97 Å². The summed E-state index contributed by atoms with van der Waals surface area (Å²) in [7, 11) is -3.26. The molecule has 402 valence electrons. The summed E-state index contributed by atoms with van der Waals surface area (Å²) in [5.41, 5.74) is 14.6. The van der Waals surface area contributed by atoms with Gasteiger partial charge in [-0.3, -0.25) is 18.1 Å². The fourth-order valence-electron chi connectivity index (χ4n) is 14.3. The highest BCUT2D eigenvalue weighted by Crippen LogP contribution is 2.40. The van der Waals surface area contributed by atoms with Crippen molar-refractivity contribution in [2.75, 3.05) is 0 Å². The lowest BCUT2D eigenvalue weighted by Gasteiger charge is -2.35. The summed E-state index contributed by atoms with van der Waals surface area (Å²) >= 11 is 0. The van der Waals surface area contributed by atoms with Crippen molar-refractivity contribution in [2.24, 2.45) is 0 Å². The van der Waals surface area contributed by atoms with E-state index in [0.717, 1.165) is 106 Å². The minimum Gasteiger partial charge on any atom is -0.307 e. The van der Waals surface area contributed by atoms with Gasteiger partial charge in [0.25, 0.3) is 0 Å². The number of hydrogen-bond acceptors (Lipinski definition) is 3. The first-order valence-electron chi connectivity index (χ1n) is 29.3. The molecule has 0 radical (unpaired) electrons. The Morgan fingerprint density at radius 1 is 0.267 bits per heavy atom. The number of para-hydroxylation sites is 8. The molecule has 0 aliphatic rings. The molecule has 18 aromatic rings. The summed E-state index contributed by atoms with van der Waals surface area (Å²) in [6, 6.07) is 110. The van der Waals surface area contributed by atoms with Crippen LogP contribution in [0.2, 0.25) is 0 Å². The van der Waals surface area contributed by atoms with Crippen molar-refractivity contribution in [3.8, 4) is 34.4 Å². The quantitative estimate of drug-likeness (QED) is 0.107. The maximum atomic E-state index is 5.70. The van der Waals surface area contributed by atoms with Crippen LogP contribution in [-0.4, -0.2) is 45.7 Å². The predicted molar refractivity (Wildman–Crippen MR) is 357 cm³/mol. The summed E-state index contributed by atoms with van der Waals surface area (Å²) in [6.45, 7) is 0. The van der Waals surface area contributed by atoms with Gasteiger partial charge >= 0.3 is 0 Å². The van der Waals surface area contributed by atoms with Crippen molar-refractivity contribution in [1.29, 1.82) is 0 Å². The number of benzene rings is 12. The lowest BCUT2D eigenvalue weighted by molar-refractivity contribution is 0.952. The molecular weight excluding hydrogens is 1060 g/mol. The number of aromatic nitrogens is 8. The van der Waals surface area contributed by atoms with Crippen molar-refractivity contribution in [3.05, 3.63) is 303 Å². The van der Waals surface area contributed by atoms with Crippen LogP contribution in [0.15, 0.2) is 303 Å². The van der Waals surface area contributed by atoms with Crippen LogP contribution < -0.4 is 20.7 Å². The Morgan fingerprint density at radius 2 is 0.721 bits per heavy atom. The van der Waals surface area contributed by atoms with E-state index in [2.05, 4.69) is 326 Å². The highest BCUT2D eigenvalue weighted by atomic mass is 28.3. The molecule has 12 aromatic carbocycles. The van der Waals surface area contributed by atoms with Crippen LogP contribution in [0.1, 0.15) is 0 Å². The van der Waals surface area contributed by atoms with E-state index in [9.17, 15) is 0 Å². The van der Waals surface area contributed by atoms with Crippen LogP contribution >= 0.6 is 0 Å². The van der Waals surface area contributed by atoms with Crippen molar-refractivity contribution < 1.29 is 0 Å². The van der Waals surface area contributed by atoms with Crippen molar-refractivity contribution in [1.82, 2.24) is 37.6 Å². The maximum Gasteiger partial charge on any atom is 0.237 e. The average molecular weight is 1120 g/mol. The molecule has 6 aromatic heterocycles. The molecule has 0 saturated carbocycles. The highest BCUT2D eigenvalue weighted by Gasteiger charge is 2.42. The Bertz CT molecular complexity index is 5450. The van der Waals surface area contributed by atoms with Gasteiger partial charge in [-0.05, 0) is 99.6 Å². The van der Waals surface area contributed by atoms with Gasteiger partial charge in [0.05, 0.1) is 55.3 Å². The van der Waals surface area contributed by atoms with Crippen LogP contribution in [-0.2, 0) is 0 Å². The molecule has 18 rings (SSSR count). The summed E-state index contributed by atoms with van der Waals surface area (Å²) in [5.74, 6) is 2.26. The van der Waals surface area contributed by atoms with E-state index in [1.807, 2.05) is 0 Å². The Balaban J connectivity index is 0.893. The van der Waals surface area contributed by atoms with Crippen LogP contribution in [0.3, 0.4) is 0 Å². The predicted octanol–water partition coefficient (Wildman–Crippen LogP) is 15.6. The second kappa shape index (κ2) is 18.8.